The van der Waals surface area contributed by atoms with Gasteiger partial charge >= 0.3 is 6.09 Å². The van der Waals surface area contributed by atoms with Gasteiger partial charge in [0.1, 0.15) is 5.60 Å². The van der Waals surface area contributed by atoms with Gasteiger partial charge in [-0.15, -0.1) is 0 Å². The van der Waals surface area contributed by atoms with E-state index in [4.69, 9.17) is 4.74 Å². The summed E-state index contributed by atoms with van der Waals surface area (Å²) in [6, 6.07) is 0.785. The first kappa shape index (κ1) is 12.3. The van der Waals surface area contributed by atoms with Crippen LogP contribution in [-0.4, -0.2) is 30.3 Å². The van der Waals surface area contributed by atoms with E-state index in [0.717, 1.165) is 6.54 Å². The van der Waals surface area contributed by atoms with Crippen LogP contribution in [0.3, 0.4) is 0 Å². The number of carbonyl (C=O) groups excluding carboxylic acids is 1. The highest BCUT2D eigenvalue weighted by Gasteiger charge is 2.22. The first-order chi connectivity index (χ1) is 6.87. The molecule has 1 fully saturated rings. The molecule has 0 saturated heterocycles. The second-order valence-corrected chi connectivity index (χ2v) is 5.23. The zero-order chi connectivity index (χ0) is 11.5. The number of carbonyl (C=O) groups is 1. The molecular weight excluding hydrogens is 192 g/mol. The topological polar surface area (TPSA) is 50.4 Å². The summed E-state index contributed by atoms with van der Waals surface area (Å²) in [7, 11) is 0. The molecular formula is C11H22N2O2. The summed E-state index contributed by atoms with van der Waals surface area (Å²) in [5, 5.41) is 6.15. The summed E-state index contributed by atoms with van der Waals surface area (Å²) >= 11 is 0. The molecule has 1 amide bonds. The second-order valence-electron chi connectivity index (χ2n) is 5.23. The molecule has 0 radical (unpaired) electrons. The van der Waals surface area contributed by atoms with E-state index in [-0.39, 0.29) is 12.1 Å². The Labute approximate surface area is 91.8 Å². The van der Waals surface area contributed by atoms with E-state index in [1.54, 1.807) is 0 Å². The Morgan fingerprint density at radius 3 is 2.53 bits per heavy atom. The van der Waals surface area contributed by atoms with E-state index in [0.29, 0.717) is 6.04 Å². The normalized spacial score (nSPS) is 18.4. The lowest BCUT2D eigenvalue weighted by Crippen LogP contribution is -2.43. The predicted molar refractivity (Wildman–Crippen MR) is 59.9 cm³/mol. The molecule has 1 aliphatic carbocycles. The van der Waals surface area contributed by atoms with Gasteiger partial charge in [-0.25, -0.2) is 4.79 Å². The number of nitrogens with one attached hydrogen (secondary N) is 2. The van der Waals surface area contributed by atoms with E-state index in [9.17, 15) is 4.79 Å². The van der Waals surface area contributed by atoms with Crippen LogP contribution in [-0.2, 0) is 4.74 Å². The van der Waals surface area contributed by atoms with Crippen LogP contribution in [0.15, 0.2) is 0 Å². The lowest BCUT2D eigenvalue weighted by molar-refractivity contribution is 0.0508. The van der Waals surface area contributed by atoms with E-state index in [1.807, 2.05) is 27.7 Å². The van der Waals surface area contributed by atoms with Crippen molar-refractivity contribution in [3.8, 4) is 0 Å². The minimum Gasteiger partial charge on any atom is -0.444 e. The van der Waals surface area contributed by atoms with E-state index < -0.39 is 5.60 Å². The third-order valence-corrected chi connectivity index (χ3v) is 2.05. The van der Waals surface area contributed by atoms with Crippen molar-refractivity contribution in [3.63, 3.8) is 0 Å². The van der Waals surface area contributed by atoms with Gasteiger partial charge in [-0.2, -0.15) is 0 Å². The van der Waals surface area contributed by atoms with E-state index in [2.05, 4.69) is 10.6 Å². The Morgan fingerprint density at radius 2 is 2.07 bits per heavy atom. The Kier molecular flexibility index (Phi) is 3.97. The van der Waals surface area contributed by atoms with Crippen molar-refractivity contribution in [2.75, 3.05) is 6.54 Å². The Bertz CT molecular complexity index is 219. The number of rotatable bonds is 4. The molecule has 1 aliphatic rings. The predicted octanol–water partition coefficient (Wildman–Crippen LogP) is 1.65. The molecule has 0 aromatic carbocycles. The molecule has 0 heterocycles. The first-order valence-electron chi connectivity index (χ1n) is 5.60. The Balaban J connectivity index is 2.12. The maximum Gasteiger partial charge on any atom is 0.407 e. The van der Waals surface area contributed by atoms with Gasteiger partial charge in [0.15, 0.2) is 0 Å². The Morgan fingerprint density at radius 1 is 1.47 bits per heavy atom. The van der Waals surface area contributed by atoms with Gasteiger partial charge in [0.2, 0.25) is 0 Å². The van der Waals surface area contributed by atoms with Crippen LogP contribution in [0.25, 0.3) is 0 Å². The monoisotopic (exact) mass is 214 g/mol. The third kappa shape index (κ3) is 6.33. The molecule has 0 aromatic rings. The minimum absolute atomic E-state index is 0.112. The average molecular weight is 214 g/mol. The molecule has 15 heavy (non-hydrogen) atoms. The fourth-order valence-electron chi connectivity index (χ4n) is 1.19. The van der Waals surface area contributed by atoms with Gasteiger partial charge in [-0.1, -0.05) is 0 Å². The molecule has 4 nitrogen and oxygen atoms in total. The van der Waals surface area contributed by atoms with Gasteiger partial charge in [0.05, 0.1) is 0 Å². The number of amides is 1. The summed E-state index contributed by atoms with van der Waals surface area (Å²) in [6.07, 6.45) is 2.19. The summed E-state index contributed by atoms with van der Waals surface area (Å²) < 4.78 is 5.15. The molecule has 1 saturated carbocycles. The molecule has 0 bridgehead atoms. The average Bonchev–Trinajstić information content (AvgIpc) is 2.79. The zero-order valence-electron chi connectivity index (χ0n) is 10.1. The SMILES string of the molecule is C[C@@H](CNC1CC1)NC(=O)OC(C)(C)C. The van der Waals surface area contributed by atoms with E-state index >= 15 is 0 Å². The molecule has 2 N–H and O–H groups in total. The highest BCUT2D eigenvalue weighted by Crippen LogP contribution is 2.18. The van der Waals surface area contributed by atoms with Gasteiger partial charge in [-0.05, 0) is 40.5 Å². The quantitative estimate of drug-likeness (QED) is 0.748. The maximum atomic E-state index is 11.4. The van der Waals surface area contributed by atoms with Crippen molar-refractivity contribution in [1.82, 2.24) is 10.6 Å². The zero-order valence-corrected chi connectivity index (χ0v) is 10.1. The van der Waals surface area contributed by atoms with Crippen LogP contribution >= 0.6 is 0 Å². The Hall–Kier alpha value is -0.770. The standard InChI is InChI=1S/C11H22N2O2/c1-8(7-12-9-5-6-9)13-10(14)15-11(2,3)4/h8-9,12H,5-7H2,1-4H3,(H,13,14)/t8-/m0/s1. The molecule has 0 aromatic heterocycles. The summed E-state index contributed by atoms with van der Waals surface area (Å²) in [5.41, 5.74) is -0.423. The minimum atomic E-state index is -0.423. The molecule has 88 valence electrons. The van der Waals surface area contributed by atoms with Gasteiger partial charge in [0, 0.05) is 18.6 Å². The molecule has 0 unspecified atom stereocenters. The highest BCUT2D eigenvalue weighted by atomic mass is 16.6. The van der Waals surface area contributed by atoms with Gasteiger partial charge in [0.25, 0.3) is 0 Å². The largest absolute Gasteiger partial charge is 0.444 e. The van der Waals surface area contributed by atoms with Gasteiger partial charge < -0.3 is 15.4 Å². The lowest BCUT2D eigenvalue weighted by Gasteiger charge is -2.22. The van der Waals surface area contributed by atoms with Crippen LogP contribution in [0.4, 0.5) is 4.79 Å². The van der Waals surface area contributed by atoms with Crippen molar-refractivity contribution in [2.45, 2.75) is 58.2 Å². The number of hydrogen-bond donors (Lipinski definition) is 2. The van der Waals surface area contributed by atoms with Crippen LogP contribution in [0, 0.1) is 0 Å². The molecule has 4 heteroatoms. The van der Waals surface area contributed by atoms with Crippen molar-refractivity contribution in [3.05, 3.63) is 0 Å². The fourth-order valence-corrected chi connectivity index (χ4v) is 1.19. The fraction of sp³-hybridized carbons (Fsp3) is 0.909. The first-order valence-corrected chi connectivity index (χ1v) is 5.60. The molecule has 0 spiro atoms. The number of hydrogen-bond acceptors (Lipinski definition) is 3. The number of alkyl carbamates (subject to hydrolysis) is 1. The maximum absolute atomic E-state index is 11.4. The molecule has 1 rings (SSSR count). The van der Waals surface area contributed by atoms with Gasteiger partial charge in [-0.3, -0.25) is 0 Å². The molecule has 0 aliphatic heterocycles. The smallest absolute Gasteiger partial charge is 0.407 e. The third-order valence-electron chi connectivity index (χ3n) is 2.05. The van der Waals surface area contributed by atoms with Crippen molar-refractivity contribution in [1.29, 1.82) is 0 Å². The van der Waals surface area contributed by atoms with Crippen molar-refractivity contribution < 1.29 is 9.53 Å². The van der Waals surface area contributed by atoms with Crippen LogP contribution < -0.4 is 10.6 Å². The van der Waals surface area contributed by atoms with E-state index in [1.165, 1.54) is 12.8 Å². The molecule has 1 atom stereocenters. The van der Waals surface area contributed by atoms with Crippen LogP contribution in [0.5, 0.6) is 0 Å². The summed E-state index contributed by atoms with van der Waals surface area (Å²) in [5.74, 6) is 0. The summed E-state index contributed by atoms with van der Waals surface area (Å²) in [6.45, 7) is 8.36. The van der Waals surface area contributed by atoms with Crippen molar-refractivity contribution >= 4 is 6.09 Å². The van der Waals surface area contributed by atoms with Crippen molar-refractivity contribution in [2.24, 2.45) is 0 Å². The second kappa shape index (κ2) is 4.84. The van der Waals surface area contributed by atoms with Crippen LogP contribution in [0.2, 0.25) is 0 Å². The number of ether oxygens (including phenoxy) is 1. The lowest BCUT2D eigenvalue weighted by atomic mass is 10.2. The van der Waals surface area contributed by atoms with Crippen LogP contribution in [0.1, 0.15) is 40.5 Å². The summed E-state index contributed by atoms with van der Waals surface area (Å²) in [4.78, 5) is 11.4. The highest BCUT2D eigenvalue weighted by molar-refractivity contribution is 5.68.